The summed E-state index contributed by atoms with van der Waals surface area (Å²) < 4.78 is 5.05. The van der Waals surface area contributed by atoms with Crippen molar-refractivity contribution in [2.75, 3.05) is 6.54 Å². The second-order valence-electron chi connectivity index (χ2n) is 3.14. The molecule has 3 nitrogen and oxygen atoms in total. The van der Waals surface area contributed by atoms with Gasteiger partial charge in [0.25, 0.3) is 0 Å². The number of nitrogens with two attached hydrogens (primary N) is 1. The standard InChI is InChI=1S/C12H12N2O/c13-8-1-2-10-3-5-11(6-4-10)12-7-9-14-15-12/h1-7,9H,8,13H2. The van der Waals surface area contributed by atoms with E-state index < -0.39 is 0 Å². The summed E-state index contributed by atoms with van der Waals surface area (Å²) in [5.74, 6) is 0.782. The van der Waals surface area contributed by atoms with Crippen molar-refractivity contribution in [3.63, 3.8) is 0 Å². The van der Waals surface area contributed by atoms with Crippen LogP contribution in [0.15, 0.2) is 47.1 Å². The average Bonchev–Trinajstić information content (AvgIpc) is 2.80. The number of hydrogen-bond donors (Lipinski definition) is 1. The van der Waals surface area contributed by atoms with Crippen LogP contribution in [0.5, 0.6) is 0 Å². The third-order valence-electron chi connectivity index (χ3n) is 2.08. The fourth-order valence-electron chi connectivity index (χ4n) is 1.33. The highest BCUT2D eigenvalue weighted by Gasteiger charge is 1.99. The van der Waals surface area contributed by atoms with E-state index >= 15 is 0 Å². The van der Waals surface area contributed by atoms with Crippen LogP contribution in [0.4, 0.5) is 0 Å². The van der Waals surface area contributed by atoms with Crippen LogP contribution in [-0.2, 0) is 0 Å². The Hall–Kier alpha value is -1.87. The molecule has 15 heavy (non-hydrogen) atoms. The van der Waals surface area contributed by atoms with Crippen molar-refractivity contribution in [1.82, 2.24) is 5.16 Å². The summed E-state index contributed by atoms with van der Waals surface area (Å²) in [6.07, 6.45) is 5.55. The molecule has 3 heteroatoms. The van der Waals surface area contributed by atoms with Crippen LogP contribution in [0.25, 0.3) is 17.4 Å². The lowest BCUT2D eigenvalue weighted by atomic mass is 10.1. The van der Waals surface area contributed by atoms with Crippen LogP contribution in [0.3, 0.4) is 0 Å². The second-order valence-corrected chi connectivity index (χ2v) is 3.14. The van der Waals surface area contributed by atoms with Gasteiger partial charge in [-0.05, 0) is 5.56 Å². The van der Waals surface area contributed by atoms with Crippen molar-refractivity contribution < 1.29 is 4.52 Å². The minimum atomic E-state index is 0.559. The first-order valence-electron chi connectivity index (χ1n) is 4.78. The van der Waals surface area contributed by atoms with Crippen LogP contribution in [-0.4, -0.2) is 11.7 Å². The Labute approximate surface area is 88.2 Å². The second kappa shape index (κ2) is 4.57. The minimum absolute atomic E-state index is 0.559. The molecule has 0 aliphatic rings. The van der Waals surface area contributed by atoms with E-state index in [2.05, 4.69) is 5.16 Å². The van der Waals surface area contributed by atoms with Crippen molar-refractivity contribution >= 4 is 6.08 Å². The first-order chi connectivity index (χ1) is 7.40. The Bertz CT molecular complexity index is 429. The molecule has 1 aromatic heterocycles. The lowest BCUT2D eigenvalue weighted by molar-refractivity contribution is 0.432. The number of aromatic nitrogens is 1. The van der Waals surface area contributed by atoms with E-state index in [-0.39, 0.29) is 0 Å². The third-order valence-corrected chi connectivity index (χ3v) is 2.08. The van der Waals surface area contributed by atoms with Crippen LogP contribution in [0.2, 0.25) is 0 Å². The fourth-order valence-corrected chi connectivity index (χ4v) is 1.33. The molecule has 0 unspecified atom stereocenters. The molecule has 2 aromatic rings. The molecular weight excluding hydrogens is 188 g/mol. The van der Waals surface area contributed by atoms with Crippen molar-refractivity contribution in [3.8, 4) is 11.3 Å². The van der Waals surface area contributed by atoms with Crippen molar-refractivity contribution in [2.45, 2.75) is 0 Å². The van der Waals surface area contributed by atoms with Crippen LogP contribution < -0.4 is 5.73 Å². The Morgan fingerprint density at radius 1 is 1.20 bits per heavy atom. The highest BCUT2D eigenvalue weighted by atomic mass is 16.5. The maximum Gasteiger partial charge on any atom is 0.166 e. The molecule has 76 valence electrons. The molecule has 0 radical (unpaired) electrons. The lowest BCUT2D eigenvalue weighted by Gasteiger charge is -1.96. The van der Waals surface area contributed by atoms with Gasteiger partial charge in [-0.25, -0.2) is 0 Å². The zero-order chi connectivity index (χ0) is 10.5. The first kappa shape index (κ1) is 9.68. The molecule has 0 atom stereocenters. The van der Waals surface area contributed by atoms with E-state index in [9.17, 15) is 0 Å². The Balaban J connectivity index is 2.21. The van der Waals surface area contributed by atoms with Crippen LogP contribution >= 0.6 is 0 Å². The molecule has 0 saturated carbocycles. The first-order valence-corrected chi connectivity index (χ1v) is 4.78. The van der Waals surface area contributed by atoms with Crippen LogP contribution in [0, 0.1) is 0 Å². The van der Waals surface area contributed by atoms with Gasteiger partial charge in [0.05, 0.1) is 6.20 Å². The molecule has 0 saturated heterocycles. The zero-order valence-electron chi connectivity index (χ0n) is 8.26. The van der Waals surface area contributed by atoms with E-state index in [4.69, 9.17) is 10.3 Å². The van der Waals surface area contributed by atoms with E-state index in [1.165, 1.54) is 0 Å². The van der Waals surface area contributed by atoms with Gasteiger partial charge >= 0.3 is 0 Å². The maximum absolute atomic E-state index is 5.37. The highest BCUT2D eigenvalue weighted by molar-refractivity contribution is 5.60. The lowest BCUT2D eigenvalue weighted by Crippen LogP contribution is -1.91. The maximum atomic E-state index is 5.37. The molecule has 0 spiro atoms. The van der Waals surface area contributed by atoms with Gasteiger partial charge < -0.3 is 10.3 Å². The number of hydrogen-bond acceptors (Lipinski definition) is 3. The average molecular weight is 200 g/mol. The highest BCUT2D eigenvalue weighted by Crippen LogP contribution is 2.19. The van der Waals surface area contributed by atoms with Crippen LogP contribution in [0.1, 0.15) is 5.56 Å². The summed E-state index contributed by atoms with van der Waals surface area (Å²) in [5.41, 5.74) is 7.53. The largest absolute Gasteiger partial charge is 0.356 e. The van der Waals surface area contributed by atoms with Gasteiger partial charge in [0.15, 0.2) is 5.76 Å². The van der Waals surface area contributed by atoms with Gasteiger partial charge in [-0.1, -0.05) is 41.6 Å². The van der Waals surface area contributed by atoms with E-state index in [1.54, 1.807) is 6.20 Å². The molecule has 1 heterocycles. The molecular formula is C12H12N2O. The topological polar surface area (TPSA) is 52.0 Å². The molecule has 2 N–H and O–H groups in total. The summed E-state index contributed by atoms with van der Waals surface area (Å²) in [6, 6.07) is 9.87. The molecule has 0 aliphatic heterocycles. The smallest absolute Gasteiger partial charge is 0.166 e. The number of nitrogens with zero attached hydrogens (tertiary/aromatic N) is 1. The van der Waals surface area contributed by atoms with Crippen molar-refractivity contribution in [3.05, 3.63) is 48.2 Å². The molecule has 0 bridgehead atoms. The minimum Gasteiger partial charge on any atom is -0.356 e. The van der Waals surface area contributed by atoms with E-state index in [0.29, 0.717) is 6.54 Å². The quantitative estimate of drug-likeness (QED) is 0.827. The van der Waals surface area contributed by atoms with Gasteiger partial charge in [-0.2, -0.15) is 0 Å². The molecule has 0 fully saturated rings. The van der Waals surface area contributed by atoms with E-state index in [0.717, 1.165) is 16.9 Å². The normalized spacial score (nSPS) is 11.0. The van der Waals surface area contributed by atoms with E-state index in [1.807, 2.05) is 42.5 Å². The Kier molecular flexibility index (Phi) is 2.95. The molecule has 2 rings (SSSR count). The Morgan fingerprint density at radius 2 is 2.00 bits per heavy atom. The van der Waals surface area contributed by atoms with Crippen molar-refractivity contribution in [1.29, 1.82) is 0 Å². The number of rotatable bonds is 3. The summed E-state index contributed by atoms with van der Waals surface area (Å²) in [7, 11) is 0. The fraction of sp³-hybridized carbons (Fsp3) is 0.0833. The zero-order valence-corrected chi connectivity index (χ0v) is 8.26. The molecule has 0 amide bonds. The SMILES string of the molecule is NCC=Cc1ccc(-c2ccno2)cc1. The summed E-state index contributed by atoms with van der Waals surface area (Å²) >= 11 is 0. The Morgan fingerprint density at radius 3 is 2.60 bits per heavy atom. The summed E-state index contributed by atoms with van der Waals surface area (Å²) in [5, 5.41) is 3.67. The van der Waals surface area contributed by atoms with Gasteiger partial charge in [0.1, 0.15) is 0 Å². The van der Waals surface area contributed by atoms with Gasteiger partial charge in [0.2, 0.25) is 0 Å². The summed E-state index contributed by atoms with van der Waals surface area (Å²) in [4.78, 5) is 0. The van der Waals surface area contributed by atoms with Gasteiger partial charge in [0, 0.05) is 18.2 Å². The molecule has 1 aromatic carbocycles. The summed E-state index contributed by atoms with van der Waals surface area (Å²) in [6.45, 7) is 0.559. The third kappa shape index (κ3) is 2.33. The number of benzene rings is 1. The van der Waals surface area contributed by atoms with Crippen molar-refractivity contribution in [2.24, 2.45) is 5.73 Å². The predicted octanol–water partition coefficient (Wildman–Crippen LogP) is 2.31. The monoisotopic (exact) mass is 200 g/mol. The van der Waals surface area contributed by atoms with Gasteiger partial charge in [-0.3, -0.25) is 0 Å². The van der Waals surface area contributed by atoms with Gasteiger partial charge in [-0.15, -0.1) is 0 Å². The molecule has 0 aliphatic carbocycles. The predicted molar refractivity (Wildman–Crippen MR) is 60.0 cm³/mol.